The molecule has 1 aliphatic heterocycles. The number of hydrogen-bond donors (Lipinski definition) is 1. The Bertz CT molecular complexity index is 1680. The van der Waals surface area contributed by atoms with Crippen molar-refractivity contribution in [3.05, 3.63) is 94.3 Å². The van der Waals surface area contributed by atoms with E-state index < -0.39 is 12.0 Å². The maximum absolute atomic E-state index is 14.8. The van der Waals surface area contributed by atoms with Gasteiger partial charge >= 0.3 is 6.01 Å². The summed E-state index contributed by atoms with van der Waals surface area (Å²) in [5.74, 6) is 0.0529. The van der Waals surface area contributed by atoms with Crippen LogP contribution in [0.3, 0.4) is 0 Å². The number of nitrogens with zero attached hydrogens (tertiary/aromatic N) is 6. The van der Waals surface area contributed by atoms with Gasteiger partial charge in [-0.3, -0.25) is 9.79 Å². The van der Waals surface area contributed by atoms with Gasteiger partial charge in [0.1, 0.15) is 17.3 Å². The minimum atomic E-state index is -1.06. The van der Waals surface area contributed by atoms with Gasteiger partial charge in [-0.2, -0.15) is 0 Å². The molecule has 0 saturated heterocycles. The number of ketones is 1. The molecule has 0 aliphatic carbocycles. The molecular formula is C27H20FN7O2S. The molecule has 0 saturated carbocycles. The smallest absolute Gasteiger partial charge is 0.317 e. The molecule has 6 rings (SSSR count). The van der Waals surface area contributed by atoms with Crippen molar-refractivity contribution in [2.45, 2.75) is 26.4 Å². The van der Waals surface area contributed by atoms with Gasteiger partial charge in [0.25, 0.3) is 5.89 Å². The summed E-state index contributed by atoms with van der Waals surface area (Å²) >= 11 is 1.46. The normalized spacial score (nSPS) is 15.1. The molecule has 11 heteroatoms. The van der Waals surface area contributed by atoms with Gasteiger partial charge in [-0.1, -0.05) is 47.6 Å². The van der Waals surface area contributed by atoms with Gasteiger partial charge in [0.05, 0.1) is 15.6 Å². The molecule has 0 fully saturated rings. The van der Waals surface area contributed by atoms with Crippen LogP contribution in [0.1, 0.15) is 27.5 Å². The molecule has 3 aromatic heterocycles. The molecular weight excluding hydrogens is 505 g/mol. The molecule has 0 amide bonds. The van der Waals surface area contributed by atoms with Crippen LogP contribution in [0.4, 0.5) is 10.4 Å². The number of aliphatic imine (C=N–C) groups is 1. The number of rotatable bonds is 5. The summed E-state index contributed by atoms with van der Waals surface area (Å²) in [4.78, 5) is 31.8. The SMILES string of the molecule is Cc1ncc(-c2sc(C)nc2-c2nnc(N[C@H]3N=C(c4ccccc4)c4cccc(F)c4CC3=O)o2)cn1. The lowest BCUT2D eigenvalue weighted by Gasteiger charge is -2.11. The highest BCUT2D eigenvalue weighted by Crippen LogP contribution is 2.36. The Morgan fingerprint density at radius 3 is 2.58 bits per heavy atom. The summed E-state index contributed by atoms with van der Waals surface area (Å²) < 4.78 is 20.7. The topological polar surface area (TPSA) is 119 Å². The quantitative estimate of drug-likeness (QED) is 0.347. The van der Waals surface area contributed by atoms with Crippen LogP contribution in [0, 0.1) is 19.7 Å². The molecule has 188 valence electrons. The number of aryl methyl sites for hydroxylation is 2. The zero-order chi connectivity index (χ0) is 26.2. The van der Waals surface area contributed by atoms with E-state index >= 15 is 0 Å². The number of hydrogen-bond acceptors (Lipinski definition) is 10. The lowest BCUT2D eigenvalue weighted by atomic mass is 9.95. The van der Waals surface area contributed by atoms with Crippen molar-refractivity contribution < 1.29 is 13.6 Å². The second-order valence-electron chi connectivity index (χ2n) is 8.64. The zero-order valence-corrected chi connectivity index (χ0v) is 21.2. The molecule has 5 aromatic rings. The predicted molar refractivity (Wildman–Crippen MR) is 141 cm³/mol. The van der Waals surface area contributed by atoms with E-state index in [1.54, 1.807) is 24.5 Å². The van der Waals surface area contributed by atoms with Crippen LogP contribution < -0.4 is 5.32 Å². The molecule has 9 nitrogen and oxygen atoms in total. The zero-order valence-electron chi connectivity index (χ0n) is 20.3. The number of aromatic nitrogens is 5. The van der Waals surface area contributed by atoms with Gasteiger partial charge in [-0.25, -0.2) is 19.3 Å². The van der Waals surface area contributed by atoms with Gasteiger partial charge in [-0.05, 0) is 19.9 Å². The Balaban J connectivity index is 1.35. The number of anilines is 1. The number of Topliss-reactive ketones (excluding diaryl/α,β-unsaturated/α-hetero) is 1. The highest BCUT2D eigenvalue weighted by atomic mass is 32.1. The van der Waals surface area contributed by atoms with Crippen molar-refractivity contribution >= 4 is 28.8 Å². The Kier molecular flexibility index (Phi) is 6.04. The first-order chi connectivity index (χ1) is 18.5. The van der Waals surface area contributed by atoms with Crippen LogP contribution in [0.2, 0.25) is 0 Å². The van der Waals surface area contributed by atoms with Crippen LogP contribution in [-0.2, 0) is 11.2 Å². The highest BCUT2D eigenvalue weighted by molar-refractivity contribution is 7.15. The molecule has 2 aromatic carbocycles. The van der Waals surface area contributed by atoms with Crippen molar-refractivity contribution in [2.24, 2.45) is 4.99 Å². The average Bonchev–Trinajstić information content (AvgIpc) is 3.51. The van der Waals surface area contributed by atoms with Crippen molar-refractivity contribution in [1.82, 2.24) is 25.1 Å². The molecule has 0 spiro atoms. The van der Waals surface area contributed by atoms with Gasteiger partial charge < -0.3 is 9.73 Å². The summed E-state index contributed by atoms with van der Waals surface area (Å²) in [6.07, 6.45) is 2.24. The number of nitrogens with one attached hydrogen (secondary N) is 1. The number of benzene rings is 2. The molecule has 4 heterocycles. The van der Waals surface area contributed by atoms with E-state index in [1.807, 2.05) is 44.2 Å². The molecule has 0 unspecified atom stereocenters. The van der Waals surface area contributed by atoms with E-state index in [2.05, 4.69) is 30.5 Å². The average molecular weight is 526 g/mol. The van der Waals surface area contributed by atoms with E-state index in [4.69, 9.17) is 9.41 Å². The minimum absolute atomic E-state index is 0.00213. The molecule has 38 heavy (non-hydrogen) atoms. The molecule has 0 radical (unpaired) electrons. The van der Waals surface area contributed by atoms with Crippen molar-refractivity contribution in [2.75, 3.05) is 5.32 Å². The number of halogens is 1. The summed E-state index contributed by atoms with van der Waals surface area (Å²) in [7, 11) is 0. The van der Waals surface area contributed by atoms with Crippen LogP contribution in [0.15, 0.2) is 70.3 Å². The van der Waals surface area contributed by atoms with Crippen LogP contribution in [-0.4, -0.2) is 42.8 Å². The van der Waals surface area contributed by atoms with Crippen LogP contribution >= 0.6 is 11.3 Å². The third kappa shape index (κ3) is 4.48. The Labute approximate surface area is 220 Å². The van der Waals surface area contributed by atoms with Crippen molar-refractivity contribution in [3.8, 4) is 22.0 Å². The molecule has 1 atom stereocenters. The van der Waals surface area contributed by atoms with E-state index in [-0.39, 0.29) is 24.1 Å². The number of thiazole rings is 1. The maximum Gasteiger partial charge on any atom is 0.317 e. The first-order valence-electron chi connectivity index (χ1n) is 11.8. The molecule has 0 bridgehead atoms. The minimum Gasteiger partial charge on any atom is -0.402 e. The molecule has 1 N–H and O–H groups in total. The standard InChI is InChI=1S/C27H20FN7O2S/c1-14-29-12-17(13-30-14)24-23(31-15(2)38-24)26-34-35-27(37-26)33-25-21(36)11-19-18(9-6-10-20(19)28)22(32-25)16-7-4-3-5-8-16/h3-10,12-13,25H,11H2,1-2H3,(H,33,35)/t25-/m1/s1. The van der Waals surface area contributed by atoms with Gasteiger partial charge in [0.15, 0.2) is 11.9 Å². The number of fused-ring (bicyclic) bond motifs is 1. The predicted octanol–water partition coefficient (Wildman–Crippen LogP) is 4.81. The second kappa shape index (κ2) is 9.67. The Morgan fingerprint density at radius 1 is 1.00 bits per heavy atom. The van der Waals surface area contributed by atoms with Gasteiger partial charge in [-0.15, -0.1) is 16.4 Å². The highest BCUT2D eigenvalue weighted by Gasteiger charge is 2.29. The lowest BCUT2D eigenvalue weighted by molar-refractivity contribution is -0.119. The third-order valence-electron chi connectivity index (χ3n) is 6.00. The van der Waals surface area contributed by atoms with Gasteiger partial charge in [0.2, 0.25) is 0 Å². The maximum atomic E-state index is 14.8. The molecule has 1 aliphatic rings. The number of carbonyl (C=O) groups excluding carboxylic acids is 1. The monoisotopic (exact) mass is 525 g/mol. The first-order valence-corrected chi connectivity index (χ1v) is 12.6. The fourth-order valence-electron chi connectivity index (χ4n) is 4.21. The van der Waals surface area contributed by atoms with Crippen molar-refractivity contribution in [1.29, 1.82) is 0 Å². The van der Waals surface area contributed by atoms with E-state index in [1.165, 1.54) is 17.4 Å². The Morgan fingerprint density at radius 2 is 1.79 bits per heavy atom. The largest absolute Gasteiger partial charge is 0.402 e. The summed E-state index contributed by atoms with van der Waals surface area (Å²) in [6, 6.07) is 14.1. The third-order valence-corrected chi connectivity index (χ3v) is 7.02. The lowest BCUT2D eigenvalue weighted by Crippen LogP contribution is -2.29. The summed E-state index contributed by atoms with van der Waals surface area (Å²) in [6.45, 7) is 3.69. The Hall–Kier alpha value is -4.64. The van der Waals surface area contributed by atoms with Crippen molar-refractivity contribution in [3.63, 3.8) is 0 Å². The van der Waals surface area contributed by atoms with E-state index in [0.29, 0.717) is 28.4 Å². The second-order valence-corrected chi connectivity index (χ2v) is 9.84. The van der Waals surface area contributed by atoms with Crippen LogP contribution in [0.25, 0.3) is 22.0 Å². The van der Waals surface area contributed by atoms with Crippen LogP contribution in [0.5, 0.6) is 0 Å². The first kappa shape index (κ1) is 23.7. The summed E-state index contributed by atoms with van der Waals surface area (Å²) in [5.41, 5.74) is 3.41. The summed E-state index contributed by atoms with van der Waals surface area (Å²) in [5, 5.41) is 12.0. The van der Waals surface area contributed by atoms with Gasteiger partial charge in [0, 0.05) is 41.1 Å². The fourth-order valence-corrected chi connectivity index (χ4v) is 5.10. The fraction of sp³-hybridized carbons (Fsp3) is 0.148. The number of carbonyl (C=O) groups is 1. The van der Waals surface area contributed by atoms with E-state index in [0.717, 1.165) is 21.0 Å². The van der Waals surface area contributed by atoms with E-state index in [9.17, 15) is 9.18 Å².